The first-order chi connectivity index (χ1) is 11.6. The number of hydrogen-bond donors (Lipinski definition) is 1. The molecule has 2 aromatic heterocycles. The van der Waals surface area contributed by atoms with Gasteiger partial charge in [0, 0.05) is 35.8 Å². The quantitative estimate of drug-likeness (QED) is 0.700. The molecular weight excluding hydrogens is 326 g/mol. The Morgan fingerprint density at radius 2 is 1.92 bits per heavy atom. The van der Waals surface area contributed by atoms with Crippen molar-refractivity contribution in [3.63, 3.8) is 0 Å². The molecule has 3 rings (SSSR count). The van der Waals surface area contributed by atoms with Gasteiger partial charge >= 0.3 is 0 Å². The molecule has 24 heavy (non-hydrogen) atoms. The van der Waals surface area contributed by atoms with E-state index in [1.807, 2.05) is 35.0 Å². The average molecular weight is 342 g/mol. The number of carbonyl (C=O) groups is 2. The molecule has 0 radical (unpaired) electrons. The van der Waals surface area contributed by atoms with Crippen LogP contribution < -0.4 is 5.32 Å². The highest BCUT2D eigenvalue weighted by Gasteiger charge is 2.09. The summed E-state index contributed by atoms with van der Waals surface area (Å²) >= 11 is 5.92. The van der Waals surface area contributed by atoms with Gasteiger partial charge in [0.15, 0.2) is 5.78 Å². The van der Waals surface area contributed by atoms with Crippen molar-refractivity contribution in [2.24, 2.45) is 0 Å². The first-order valence-electron chi connectivity index (χ1n) is 7.60. The third-order valence-corrected chi connectivity index (χ3v) is 3.85. The van der Waals surface area contributed by atoms with Crippen LogP contribution in [0.4, 0.5) is 0 Å². The second-order valence-corrected chi connectivity index (χ2v) is 5.85. The maximum Gasteiger partial charge on any atom is 0.220 e. The van der Waals surface area contributed by atoms with Crippen LogP contribution >= 0.6 is 11.6 Å². The number of amides is 1. The summed E-state index contributed by atoms with van der Waals surface area (Å²) in [6, 6.07) is 12.5. The molecule has 0 unspecified atom stereocenters. The van der Waals surface area contributed by atoms with E-state index >= 15 is 0 Å². The molecule has 0 atom stereocenters. The predicted octanol–water partition coefficient (Wildman–Crippen LogP) is 3.27. The van der Waals surface area contributed by atoms with E-state index < -0.39 is 0 Å². The number of nitrogens with zero attached hydrogens (tertiary/aromatic N) is 2. The van der Waals surface area contributed by atoms with Crippen LogP contribution in [-0.2, 0) is 11.3 Å². The molecule has 1 amide bonds. The highest BCUT2D eigenvalue weighted by Crippen LogP contribution is 2.12. The molecule has 0 saturated carbocycles. The van der Waals surface area contributed by atoms with Crippen molar-refractivity contribution in [2.45, 2.75) is 19.4 Å². The fourth-order valence-corrected chi connectivity index (χ4v) is 2.52. The second-order valence-electron chi connectivity index (χ2n) is 5.41. The molecule has 0 aliphatic heterocycles. The lowest BCUT2D eigenvalue weighted by atomic mass is 10.1. The molecular formula is C18H16ClN3O2. The van der Waals surface area contributed by atoms with Crippen molar-refractivity contribution in [1.82, 2.24) is 14.7 Å². The number of pyridine rings is 1. The zero-order valence-electron chi connectivity index (χ0n) is 12.9. The number of imidazole rings is 1. The van der Waals surface area contributed by atoms with Gasteiger partial charge in [-0.15, -0.1) is 0 Å². The predicted molar refractivity (Wildman–Crippen MR) is 92.1 cm³/mol. The van der Waals surface area contributed by atoms with Gasteiger partial charge in [-0.2, -0.15) is 0 Å². The monoisotopic (exact) mass is 341 g/mol. The maximum absolute atomic E-state index is 12.0. The van der Waals surface area contributed by atoms with Gasteiger partial charge < -0.3 is 9.72 Å². The van der Waals surface area contributed by atoms with Crippen LogP contribution in [-0.4, -0.2) is 21.1 Å². The van der Waals surface area contributed by atoms with Crippen LogP contribution in [0.15, 0.2) is 54.9 Å². The minimum atomic E-state index is -0.172. The summed E-state index contributed by atoms with van der Waals surface area (Å²) in [4.78, 5) is 28.3. The van der Waals surface area contributed by atoms with Crippen molar-refractivity contribution in [3.05, 3.63) is 71.1 Å². The zero-order chi connectivity index (χ0) is 16.9. The molecule has 0 aliphatic carbocycles. The topological polar surface area (TPSA) is 63.5 Å². The minimum absolute atomic E-state index is 0.0341. The molecule has 0 saturated heterocycles. The Kier molecular flexibility index (Phi) is 4.91. The summed E-state index contributed by atoms with van der Waals surface area (Å²) < 4.78 is 1.84. The van der Waals surface area contributed by atoms with E-state index in [0.717, 1.165) is 11.3 Å². The fraction of sp³-hybridized carbons (Fsp3) is 0.167. The van der Waals surface area contributed by atoms with E-state index in [2.05, 4.69) is 10.3 Å². The lowest BCUT2D eigenvalue weighted by molar-refractivity contribution is -0.121. The number of carbonyl (C=O) groups excluding carboxylic acids is 2. The number of hydrogen-bond acceptors (Lipinski definition) is 3. The first-order valence-corrected chi connectivity index (χ1v) is 7.98. The third-order valence-electron chi connectivity index (χ3n) is 3.61. The molecule has 6 heteroatoms. The molecule has 1 N–H and O–H groups in total. The van der Waals surface area contributed by atoms with Gasteiger partial charge in [0.25, 0.3) is 0 Å². The zero-order valence-corrected chi connectivity index (χ0v) is 13.7. The molecule has 3 aromatic rings. The number of nitrogens with one attached hydrogen (secondary N) is 1. The second kappa shape index (κ2) is 7.27. The van der Waals surface area contributed by atoms with Crippen molar-refractivity contribution in [1.29, 1.82) is 0 Å². The van der Waals surface area contributed by atoms with Gasteiger partial charge in [0.05, 0.1) is 12.2 Å². The largest absolute Gasteiger partial charge is 0.350 e. The van der Waals surface area contributed by atoms with E-state index in [1.54, 1.807) is 24.3 Å². The van der Waals surface area contributed by atoms with Gasteiger partial charge in [0.2, 0.25) is 5.91 Å². The number of benzene rings is 1. The van der Waals surface area contributed by atoms with Gasteiger partial charge in [-0.1, -0.05) is 41.9 Å². The lowest BCUT2D eigenvalue weighted by Crippen LogP contribution is -2.23. The van der Waals surface area contributed by atoms with Crippen molar-refractivity contribution < 1.29 is 9.59 Å². The Balaban J connectivity index is 1.50. The number of Topliss-reactive ketones (excluding diaryl/α,β-unsaturated/α-hetero) is 1. The number of fused-ring (bicyclic) bond motifs is 1. The smallest absolute Gasteiger partial charge is 0.220 e. The molecule has 0 bridgehead atoms. The van der Waals surface area contributed by atoms with Crippen molar-refractivity contribution >= 4 is 28.9 Å². The van der Waals surface area contributed by atoms with Crippen LogP contribution in [0.25, 0.3) is 5.65 Å². The molecule has 122 valence electrons. The van der Waals surface area contributed by atoms with Gasteiger partial charge in [0.1, 0.15) is 5.65 Å². The van der Waals surface area contributed by atoms with Crippen molar-refractivity contribution in [3.8, 4) is 0 Å². The molecule has 1 aromatic carbocycles. The van der Waals surface area contributed by atoms with Gasteiger partial charge in [-0.25, -0.2) is 4.98 Å². The van der Waals surface area contributed by atoms with Crippen LogP contribution in [0.1, 0.15) is 28.9 Å². The maximum atomic E-state index is 12.0. The van der Waals surface area contributed by atoms with Gasteiger partial charge in [-0.05, 0) is 12.1 Å². The summed E-state index contributed by atoms with van der Waals surface area (Å²) in [7, 11) is 0. The Morgan fingerprint density at radius 1 is 1.12 bits per heavy atom. The third kappa shape index (κ3) is 4.00. The fourth-order valence-electron chi connectivity index (χ4n) is 2.37. The van der Waals surface area contributed by atoms with E-state index in [4.69, 9.17) is 11.6 Å². The van der Waals surface area contributed by atoms with E-state index in [0.29, 0.717) is 17.1 Å². The van der Waals surface area contributed by atoms with E-state index in [-0.39, 0.29) is 24.5 Å². The summed E-state index contributed by atoms with van der Waals surface area (Å²) in [5.41, 5.74) is 2.09. The van der Waals surface area contributed by atoms with E-state index in [9.17, 15) is 9.59 Å². The van der Waals surface area contributed by atoms with Gasteiger partial charge in [-0.3, -0.25) is 9.59 Å². The number of halogens is 1. The number of aromatic nitrogens is 2. The Labute approximate surface area is 144 Å². The summed E-state index contributed by atoms with van der Waals surface area (Å²) in [6.45, 7) is 0.317. The Hall–Kier alpha value is -2.66. The number of rotatable bonds is 6. The molecule has 5 nitrogen and oxygen atoms in total. The summed E-state index contributed by atoms with van der Waals surface area (Å²) in [5.74, 6) is -0.206. The SMILES string of the molecule is O=C(CCC(=O)c1ccccc1)NCc1cn2ccc(Cl)cc2n1. The van der Waals surface area contributed by atoms with Crippen LogP contribution in [0, 0.1) is 0 Å². The normalized spacial score (nSPS) is 10.7. The molecule has 0 spiro atoms. The standard InChI is InChI=1S/C18H16ClN3O2/c19-14-8-9-22-12-15(21-17(22)10-14)11-20-18(24)7-6-16(23)13-4-2-1-3-5-13/h1-5,8-10,12H,6-7,11H2,(H,20,24). The highest BCUT2D eigenvalue weighted by molar-refractivity contribution is 6.30. The van der Waals surface area contributed by atoms with Crippen molar-refractivity contribution in [2.75, 3.05) is 0 Å². The average Bonchev–Trinajstić information content (AvgIpc) is 3.00. The summed E-state index contributed by atoms with van der Waals surface area (Å²) in [6.07, 6.45) is 4.00. The van der Waals surface area contributed by atoms with Crippen LogP contribution in [0.3, 0.4) is 0 Å². The number of ketones is 1. The Bertz CT molecular complexity index is 874. The molecule has 2 heterocycles. The highest BCUT2D eigenvalue weighted by atomic mass is 35.5. The summed E-state index contributed by atoms with van der Waals surface area (Å²) in [5, 5.41) is 3.40. The Morgan fingerprint density at radius 3 is 2.71 bits per heavy atom. The van der Waals surface area contributed by atoms with Crippen LogP contribution in [0.5, 0.6) is 0 Å². The molecule has 0 fully saturated rings. The first kappa shape index (κ1) is 16.2. The van der Waals surface area contributed by atoms with E-state index in [1.165, 1.54) is 0 Å². The molecule has 0 aliphatic rings. The van der Waals surface area contributed by atoms with Crippen LogP contribution in [0.2, 0.25) is 5.02 Å². The minimum Gasteiger partial charge on any atom is -0.350 e. The lowest BCUT2D eigenvalue weighted by Gasteiger charge is -2.03.